The number of thiazole rings is 1. The van der Waals surface area contributed by atoms with E-state index in [1.165, 1.54) is 0 Å². The highest BCUT2D eigenvalue weighted by molar-refractivity contribution is 14.0. The fraction of sp³-hybridized carbons (Fsp3) is 0.733. The predicted octanol–water partition coefficient (Wildman–Crippen LogP) is 3.99. The lowest BCUT2D eigenvalue weighted by atomic mass is 10.1. The number of nitrogens with zero attached hydrogens (tertiary/aromatic N) is 2. The number of guanidine groups is 1. The average Bonchev–Trinajstić information content (AvgIpc) is 2.84. The van der Waals surface area contributed by atoms with Gasteiger partial charge in [-0.1, -0.05) is 27.7 Å². The summed E-state index contributed by atoms with van der Waals surface area (Å²) in [5.41, 5.74) is 1.16. The van der Waals surface area contributed by atoms with Gasteiger partial charge in [-0.25, -0.2) is 9.98 Å². The van der Waals surface area contributed by atoms with Crippen molar-refractivity contribution < 1.29 is 0 Å². The molecule has 0 radical (unpaired) electrons. The molecule has 0 spiro atoms. The molecule has 0 aliphatic rings. The monoisotopic (exact) mass is 424 g/mol. The van der Waals surface area contributed by atoms with E-state index in [1.807, 2.05) is 0 Å². The second-order valence-electron chi connectivity index (χ2n) is 5.63. The number of halogens is 1. The zero-order chi connectivity index (χ0) is 15.0. The fourth-order valence-corrected chi connectivity index (χ4v) is 2.51. The van der Waals surface area contributed by atoms with Crippen LogP contribution < -0.4 is 10.6 Å². The van der Waals surface area contributed by atoms with Crippen LogP contribution in [0.5, 0.6) is 0 Å². The zero-order valence-electron chi connectivity index (χ0n) is 13.8. The van der Waals surface area contributed by atoms with Gasteiger partial charge in [-0.2, -0.15) is 0 Å². The van der Waals surface area contributed by atoms with Gasteiger partial charge in [0.2, 0.25) is 0 Å². The molecule has 0 saturated carbocycles. The van der Waals surface area contributed by atoms with Gasteiger partial charge in [0, 0.05) is 18.5 Å². The van der Waals surface area contributed by atoms with Gasteiger partial charge in [0.1, 0.15) is 5.01 Å². The van der Waals surface area contributed by atoms with E-state index in [0.717, 1.165) is 36.2 Å². The van der Waals surface area contributed by atoms with Crippen LogP contribution in [-0.4, -0.2) is 24.0 Å². The summed E-state index contributed by atoms with van der Waals surface area (Å²) in [5.74, 6) is 2.08. The van der Waals surface area contributed by atoms with E-state index in [1.54, 1.807) is 11.3 Å². The molecule has 0 saturated heterocycles. The molecule has 0 aromatic carbocycles. The number of aromatic nitrogens is 1. The summed E-state index contributed by atoms with van der Waals surface area (Å²) in [5, 5.41) is 9.85. The molecule has 0 fully saturated rings. The van der Waals surface area contributed by atoms with Crippen LogP contribution in [0.1, 0.15) is 57.7 Å². The molecular formula is C15H29IN4S. The first-order valence-corrected chi connectivity index (χ1v) is 8.37. The predicted molar refractivity (Wildman–Crippen MR) is 104 cm³/mol. The van der Waals surface area contributed by atoms with Crippen LogP contribution in [0, 0.1) is 5.92 Å². The lowest BCUT2D eigenvalue weighted by molar-refractivity contribution is 0.573. The molecule has 0 amide bonds. The molecule has 1 rings (SSSR count). The van der Waals surface area contributed by atoms with Gasteiger partial charge in [0.25, 0.3) is 0 Å². The molecule has 0 aliphatic carbocycles. The molecular weight excluding hydrogens is 395 g/mol. The highest BCUT2D eigenvalue weighted by Gasteiger charge is 2.05. The van der Waals surface area contributed by atoms with E-state index < -0.39 is 0 Å². The van der Waals surface area contributed by atoms with E-state index >= 15 is 0 Å². The summed E-state index contributed by atoms with van der Waals surface area (Å²) in [6.07, 6.45) is 1.15. The number of aliphatic imine (C=N–C) groups is 1. The quantitative estimate of drug-likeness (QED) is 0.396. The first-order chi connectivity index (χ1) is 9.52. The highest BCUT2D eigenvalue weighted by atomic mass is 127. The maximum Gasteiger partial charge on any atom is 0.191 e. The van der Waals surface area contributed by atoms with Crippen molar-refractivity contribution in [3.8, 4) is 0 Å². The summed E-state index contributed by atoms with van der Waals surface area (Å²) >= 11 is 1.69. The number of rotatable bonds is 7. The SMILES string of the molecule is CCNC(=NCc1nc(C(C)C)cs1)NCCC(C)C.I. The van der Waals surface area contributed by atoms with Gasteiger partial charge in [-0.15, -0.1) is 35.3 Å². The molecule has 6 heteroatoms. The van der Waals surface area contributed by atoms with Crippen LogP contribution in [0.4, 0.5) is 0 Å². The second-order valence-corrected chi connectivity index (χ2v) is 6.57. The molecule has 0 bridgehead atoms. The number of hydrogen-bond acceptors (Lipinski definition) is 3. The van der Waals surface area contributed by atoms with Crippen LogP contribution in [0.2, 0.25) is 0 Å². The van der Waals surface area contributed by atoms with Gasteiger partial charge in [-0.3, -0.25) is 0 Å². The Labute approximate surface area is 150 Å². The minimum atomic E-state index is 0. The Bertz CT molecular complexity index is 416. The minimum Gasteiger partial charge on any atom is -0.357 e. The van der Waals surface area contributed by atoms with E-state index in [0.29, 0.717) is 18.4 Å². The highest BCUT2D eigenvalue weighted by Crippen LogP contribution is 2.18. The van der Waals surface area contributed by atoms with Gasteiger partial charge in [0.15, 0.2) is 5.96 Å². The third-order valence-electron chi connectivity index (χ3n) is 2.89. The average molecular weight is 424 g/mol. The molecule has 0 unspecified atom stereocenters. The van der Waals surface area contributed by atoms with Crippen molar-refractivity contribution in [1.29, 1.82) is 0 Å². The molecule has 0 atom stereocenters. The Hall–Kier alpha value is -0.370. The Morgan fingerprint density at radius 2 is 2.00 bits per heavy atom. The fourth-order valence-electron chi connectivity index (χ4n) is 1.63. The third kappa shape index (κ3) is 8.60. The first kappa shape index (κ1) is 20.6. The Morgan fingerprint density at radius 3 is 2.52 bits per heavy atom. The van der Waals surface area contributed by atoms with Crippen molar-refractivity contribution in [3.63, 3.8) is 0 Å². The second kappa shape index (κ2) is 11.2. The van der Waals surface area contributed by atoms with E-state index in [2.05, 4.69) is 60.6 Å². The number of nitrogens with one attached hydrogen (secondary N) is 2. The van der Waals surface area contributed by atoms with Crippen LogP contribution in [0.25, 0.3) is 0 Å². The van der Waals surface area contributed by atoms with Crippen molar-refractivity contribution in [2.45, 2.75) is 53.5 Å². The molecule has 122 valence electrons. The van der Waals surface area contributed by atoms with Gasteiger partial charge >= 0.3 is 0 Å². The standard InChI is InChI=1S/C15H28N4S.HI/c1-6-16-15(17-8-7-11(2)3)18-9-14-19-13(10-20-14)12(4)5;/h10-12H,6-9H2,1-5H3,(H2,16,17,18);1H. The van der Waals surface area contributed by atoms with Crippen LogP contribution >= 0.6 is 35.3 Å². The van der Waals surface area contributed by atoms with Gasteiger partial charge in [0.05, 0.1) is 12.2 Å². The molecule has 1 aromatic heterocycles. The van der Waals surface area contributed by atoms with Crippen molar-refractivity contribution in [2.75, 3.05) is 13.1 Å². The Morgan fingerprint density at radius 1 is 1.29 bits per heavy atom. The molecule has 0 aliphatic heterocycles. The maximum atomic E-state index is 4.61. The molecule has 1 heterocycles. The first-order valence-electron chi connectivity index (χ1n) is 7.49. The van der Waals surface area contributed by atoms with Crippen molar-refractivity contribution in [2.24, 2.45) is 10.9 Å². The van der Waals surface area contributed by atoms with E-state index in [-0.39, 0.29) is 24.0 Å². The largest absolute Gasteiger partial charge is 0.357 e. The third-order valence-corrected chi connectivity index (χ3v) is 3.74. The summed E-state index contributed by atoms with van der Waals surface area (Å²) in [6.45, 7) is 13.4. The van der Waals surface area contributed by atoms with Gasteiger partial charge in [-0.05, 0) is 25.2 Å². The van der Waals surface area contributed by atoms with Gasteiger partial charge < -0.3 is 10.6 Å². The Balaban J connectivity index is 0.00000400. The van der Waals surface area contributed by atoms with Crippen molar-refractivity contribution in [1.82, 2.24) is 15.6 Å². The minimum absolute atomic E-state index is 0. The molecule has 1 aromatic rings. The molecule has 21 heavy (non-hydrogen) atoms. The lowest BCUT2D eigenvalue weighted by Gasteiger charge is -2.11. The zero-order valence-corrected chi connectivity index (χ0v) is 16.9. The van der Waals surface area contributed by atoms with E-state index in [4.69, 9.17) is 0 Å². The van der Waals surface area contributed by atoms with Crippen LogP contribution in [-0.2, 0) is 6.54 Å². The summed E-state index contributed by atoms with van der Waals surface area (Å²) < 4.78 is 0. The normalized spacial score (nSPS) is 11.7. The molecule has 4 nitrogen and oxygen atoms in total. The topological polar surface area (TPSA) is 49.3 Å². The summed E-state index contributed by atoms with van der Waals surface area (Å²) in [4.78, 5) is 9.20. The van der Waals surface area contributed by atoms with Crippen molar-refractivity contribution in [3.05, 3.63) is 16.1 Å². The van der Waals surface area contributed by atoms with Crippen molar-refractivity contribution >= 4 is 41.3 Å². The van der Waals surface area contributed by atoms with E-state index in [9.17, 15) is 0 Å². The molecule has 2 N–H and O–H groups in total. The summed E-state index contributed by atoms with van der Waals surface area (Å²) in [6, 6.07) is 0. The lowest BCUT2D eigenvalue weighted by Crippen LogP contribution is -2.38. The summed E-state index contributed by atoms with van der Waals surface area (Å²) in [7, 11) is 0. The smallest absolute Gasteiger partial charge is 0.191 e. The number of hydrogen-bond donors (Lipinski definition) is 2. The van der Waals surface area contributed by atoms with Crippen LogP contribution in [0.15, 0.2) is 10.4 Å². The maximum absolute atomic E-state index is 4.61. The van der Waals surface area contributed by atoms with Crippen LogP contribution in [0.3, 0.4) is 0 Å². The Kier molecular flexibility index (Phi) is 11.0.